The Hall–Kier alpha value is -1.65. The number of nitrogens with one attached hydrogen (secondary N) is 1. The van der Waals surface area contributed by atoms with E-state index in [0.29, 0.717) is 12.0 Å². The molecule has 20 heavy (non-hydrogen) atoms. The molecule has 1 atom stereocenters. The van der Waals surface area contributed by atoms with E-state index in [1.807, 2.05) is 13.3 Å². The lowest BCUT2D eigenvalue weighted by molar-refractivity contribution is 0.503. The summed E-state index contributed by atoms with van der Waals surface area (Å²) >= 11 is 0. The third-order valence-electron chi connectivity index (χ3n) is 3.93. The molecule has 1 aliphatic carbocycles. The maximum Gasteiger partial charge on any atom is 0.176 e. The van der Waals surface area contributed by atoms with Gasteiger partial charge in [-0.1, -0.05) is 13.3 Å². The predicted molar refractivity (Wildman–Crippen MR) is 79.6 cm³/mol. The Bertz CT molecular complexity index is 662. The van der Waals surface area contributed by atoms with Gasteiger partial charge in [-0.2, -0.15) is 0 Å². The van der Waals surface area contributed by atoms with Crippen molar-refractivity contribution in [1.29, 1.82) is 0 Å². The monoisotopic (exact) mass is 273 g/mol. The lowest BCUT2D eigenvalue weighted by Crippen LogP contribution is -2.16. The molecule has 5 heteroatoms. The van der Waals surface area contributed by atoms with Crippen LogP contribution in [0.2, 0.25) is 0 Å². The standard InChI is InChI=1S/C15H23N5/c1-4-6-10(3)20-9-17-14(16-5-2)12-15(20)19-13(18-12)11-7-8-11/h9-11H,4-8H2,1-3H3,(H,18,19). The van der Waals surface area contributed by atoms with Gasteiger partial charge in [-0.15, -0.1) is 0 Å². The highest BCUT2D eigenvalue weighted by Crippen LogP contribution is 2.38. The SMILES string of the molecule is CCCC(C)n1cnc(=NCC)c2[nH]c(C3CC3)nc21. The third kappa shape index (κ3) is 2.37. The van der Waals surface area contributed by atoms with Crippen LogP contribution in [0.3, 0.4) is 0 Å². The molecule has 0 radical (unpaired) electrons. The van der Waals surface area contributed by atoms with Crippen LogP contribution in [0, 0.1) is 0 Å². The molecule has 0 aliphatic heterocycles. The van der Waals surface area contributed by atoms with Crippen molar-refractivity contribution < 1.29 is 0 Å². The molecule has 108 valence electrons. The lowest BCUT2D eigenvalue weighted by Gasteiger charge is -2.14. The van der Waals surface area contributed by atoms with Crippen molar-refractivity contribution in [1.82, 2.24) is 19.5 Å². The summed E-state index contributed by atoms with van der Waals surface area (Å²) in [7, 11) is 0. The number of rotatable bonds is 5. The maximum absolute atomic E-state index is 4.83. The number of aromatic nitrogens is 4. The van der Waals surface area contributed by atoms with Gasteiger partial charge in [-0.3, -0.25) is 4.99 Å². The first kappa shape index (κ1) is 13.3. The minimum absolute atomic E-state index is 0.418. The summed E-state index contributed by atoms with van der Waals surface area (Å²) in [5.41, 5.74) is 2.80. The van der Waals surface area contributed by atoms with E-state index in [9.17, 15) is 0 Å². The topological polar surface area (TPSA) is 58.9 Å². The first-order chi connectivity index (χ1) is 9.74. The molecule has 0 saturated heterocycles. The number of nitrogens with zero attached hydrogens (tertiary/aromatic N) is 4. The second-order valence-electron chi connectivity index (χ2n) is 5.68. The Morgan fingerprint density at radius 3 is 2.90 bits per heavy atom. The second-order valence-corrected chi connectivity index (χ2v) is 5.68. The fourth-order valence-corrected chi connectivity index (χ4v) is 2.66. The minimum Gasteiger partial charge on any atom is -0.337 e. The molecule has 1 N–H and O–H groups in total. The Kier molecular flexibility index (Phi) is 3.59. The smallest absolute Gasteiger partial charge is 0.176 e. The minimum atomic E-state index is 0.418. The molecular formula is C15H23N5. The van der Waals surface area contributed by atoms with Crippen molar-refractivity contribution in [3.8, 4) is 0 Å². The number of hydrogen-bond donors (Lipinski definition) is 1. The van der Waals surface area contributed by atoms with E-state index < -0.39 is 0 Å². The molecule has 1 unspecified atom stereocenters. The van der Waals surface area contributed by atoms with Crippen LogP contribution in [0.25, 0.3) is 11.2 Å². The van der Waals surface area contributed by atoms with Gasteiger partial charge < -0.3 is 9.55 Å². The van der Waals surface area contributed by atoms with Crippen LogP contribution in [0.15, 0.2) is 11.3 Å². The van der Waals surface area contributed by atoms with Gasteiger partial charge in [0.2, 0.25) is 0 Å². The summed E-state index contributed by atoms with van der Waals surface area (Å²) in [6.45, 7) is 7.22. The molecule has 5 nitrogen and oxygen atoms in total. The van der Waals surface area contributed by atoms with Crippen molar-refractivity contribution in [2.75, 3.05) is 6.54 Å². The highest BCUT2D eigenvalue weighted by Gasteiger charge is 2.27. The normalized spacial score (nSPS) is 17.9. The van der Waals surface area contributed by atoms with Crippen molar-refractivity contribution in [3.05, 3.63) is 17.6 Å². The second kappa shape index (κ2) is 5.38. The average Bonchev–Trinajstić information content (AvgIpc) is 3.19. The molecule has 3 rings (SSSR count). The molecule has 0 aromatic carbocycles. The van der Waals surface area contributed by atoms with Crippen LogP contribution >= 0.6 is 0 Å². The van der Waals surface area contributed by atoms with Crippen LogP contribution in [0.1, 0.15) is 64.2 Å². The van der Waals surface area contributed by atoms with Gasteiger partial charge in [-0.05, 0) is 33.1 Å². The number of H-pyrrole nitrogens is 1. The Labute approximate surface area is 119 Å². The summed E-state index contributed by atoms with van der Waals surface area (Å²) in [5, 5.41) is 0. The zero-order chi connectivity index (χ0) is 14.1. The van der Waals surface area contributed by atoms with E-state index in [-0.39, 0.29) is 0 Å². The van der Waals surface area contributed by atoms with Crippen LogP contribution in [-0.4, -0.2) is 26.1 Å². The molecule has 0 bridgehead atoms. The molecule has 2 aromatic rings. The molecule has 0 amide bonds. The predicted octanol–water partition coefficient (Wildman–Crippen LogP) is 2.92. The van der Waals surface area contributed by atoms with E-state index in [2.05, 4.69) is 33.4 Å². The summed E-state index contributed by atoms with van der Waals surface area (Å²) in [6, 6.07) is 0.418. The highest BCUT2D eigenvalue weighted by atomic mass is 15.1. The largest absolute Gasteiger partial charge is 0.337 e. The van der Waals surface area contributed by atoms with Gasteiger partial charge in [0.15, 0.2) is 11.1 Å². The zero-order valence-corrected chi connectivity index (χ0v) is 12.6. The van der Waals surface area contributed by atoms with Gasteiger partial charge in [0.1, 0.15) is 11.3 Å². The summed E-state index contributed by atoms with van der Waals surface area (Å²) in [5.74, 6) is 1.73. The van der Waals surface area contributed by atoms with Gasteiger partial charge in [0.05, 0.1) is 6.33 Å². The number of imidazole rings is 1. The molecule has 2 heterocycles. The maximum atomic E-state index is 4.83. The van der Waals surface area contributed by atoms with Crippen LogP contribution in [0.5, 0.6) is 0 Å². The van der Waals surface area contributed by atoms with Gasteiger partial charge >= 0.3 is 0 Å². The summed E-state index contributed by atoms with van der Waals surface area (Å²) in [4.78, 5) is 17.3. The average molecular weight is 273 g/mol. The third-order valence-corrected chi connectivity index (χ3v) is 3.93. The van der Waals surface area contributed by atoms with Gasteiger partial charge in [-0.25, -0.2) is 9.97 Å². The van der Waals surface area contributed by atoms with Crippen LogP contribution in [-0.2, 0) is 0 Å². The molecule has 1 aliphatic rings. The first-order valence-electron chi connectivity index (χ1n) is 7.71. The molecule has 0 spiro atoms. The number of hydrogen-bond acceptors (Lipinski definition) is 3. The van der Waals surface area contributed by atoms with Gasteiger partial charge in [0, 0.05) is 18.5 Å². The molecule has 1 saturated carbocycles. The van der Waals surface area contributed by atoms with E-state index in [1.54, 1.807) is 0 Å². The molecule has 2 aromatic heterocycles. The fraction of sp³-hybridized carbons (Fsp3) is 0.667. The molecule has 1 fully saturated rings. The van der Waals surface area contributed by atoms with Crippen LogP contribution in [0.4, 0.5) is 0 Å². The summed E-state index contributed by atoms with van der Waals surface area (Å²) in [6.07, 6.45) is 6.69. The number of aromatic amines is 1. The van der Waals surface area contributed by atoms with E-state index in [4.69, 9.17) is 4.98 Å². The van der Waals surface area contributed by atoms with Crippen molar-refractivity contribution in [3.63, 3.8) is 0 Å². The quantitative estimate of drug-likeness (QED) is 0.910. The van der Waals surface area contributed by atoms with Gasteiger partial charge in [0.25, 0.3) is 0 Å². The summed E-state index contributed by atoms with van der Waals surface area (Å²) < 4.78 is 2.19. The van der Waals surface area contributed by atoms with E-state index >= 15 is 0 Å². The number of fused-ring (bicyclic) bond motifs is 1. The zero-order valence-electron chi connectivity index (χ0n) is 12.6. The van der Waals surface area contributed by atoms with Crippen molar-refractivity contribution in [2.45, 2.75) is 58.4 Å². The lowest BCUT2D eigenvalue weighted by atomic mass is 10.2. The highest BCUT2D eigenvalue weighted by molar-refractivity contribution is 5.70. The van der Waals surface area contributed by atoms with Crippen LogP contribution < -0.4 is 5.49 Å². The molecular weight excluding hydrogens is 250 g/mol. The Morgan fingerprint density at radius 2 is 2.25 bits per heavy atom. The van der Waals surface area contributed by atoms with E-state index in [1.165, 1.54) is 12.8 Å². The van der Waals surface area contributed by atoms with Crippen molar-refractivity contribution in [2.24, 2.45) is 4.99 Å². The fourth-order valence-electron chi connectivity index (χ4n) is 2.66. The Morgan fingerprint density at radius 1 is 1.45 bits per heavy atom. The first-order valence-corrected chi connectivity index (χ1v) is 7.71. The van der Waals surface area contributed by atoms with Crippen molar-refractivity contribution >= 4 is 11.2 Å². The van der Waals surface area contributed by atoms with E-state index in [0.717, 1.165) is 41.9 Å². The Balaban J connectivity index is 2.16.